The second-order valence-corrected chi connectivity index (χ2v) is 7.84. The summed E-state index contributed by atoms with van der Waals surface area (Å²) in [4.78, 5) is 29.8. The summed E-state index contributed by atoms with van der Waals surface area (Å²) in [7, 11) is 0. The number of nitrogens with zero attached hydrogens (tertiary/aromatic N) is 3. The minimum Gasteiger partial charge on any atom is -0.454 e. The van der Waals surface area contributed by atoms with Crippen molar-refractivity contribution in [3.8, 4) is 11.5 Å². The number of benzene rings is 1. The number of aliphatic imine (C=N–C) groups is 1. The van der Waals surface area contributed by atoms with Crippen LogP contribution in [-0.2, 0) is 0 Å². The zero-order valence-corrected chi connectivity index (χ0v) is 19.3. The van der Waals surface area contributed by atoms with Gasteiger partial charge in [0.05, 0.1) is 5.69 Å². The van der Waals surface area contributed by atoms with Gasteiger partial charge in [-0.3, -0.25) is 14.6 Å². The maximum Gasteiger partial charge on any atom is 0.274 e. The molecular formula is C20H21BrClN5O4. The molecule has 0 fully saturated rings. The molecule has 1 aliphatic rings. The Morgan fingerprint density at radius 3 is 2.90 bits per heavy atom. The van der Waals surface area contributed by atoms with Gasteiger partial charge in [-0.05, 0) is 48.3 Å². The number of hydrogen-bond acceptors (Lipinski definition) is 6. The Bertz CT molecular complexity index is 1050. The molecule has 2 N–H and O–H groups in total. The fourth-order valence-electron chi connectivity index (χ4n) is 2.83. The number of ether oxygens (including phenoxy) is 2. The van der Waals surface area contributed by atoms with Crippen LogP contribution in [0.2, 0.25) is 0 Å². The SMILES string of the molecule is CCNC(=O)c1c(NC(=O)c2cc(Br)nn2/C=N/CC/C=C(\C)Cl)ccc2c1OCO2. The molecule has 3 rings (SSSR count). The number of nitrogens with one attached hydrogen (secondary N) is 2. The first-order valence-corrected chi connectivity index (χ1v) is 10.7. The first kappa shape index (κ1) is 22.8. The van der Waals surface area contributed by atoms with Crippen LogP contribution >= 0.6 is 27.5 Å². The van der Waals surface area contributed by atoms with E-state index in [-0.39, 0.29) is 24.0 Å². The van der Waals surface area contributed by atoms with Crippen LogP contribution in [0.1, 0.15) is 41.1 Å². The predicted molar refractivity (Wildman–Crippen MR) is 121 cm³/mol. The molecule has 2 aromatic rings. The number of anilines is 1. The third kappa shape index (κ3) is 5.65. The summed E-state index contributed by atoms with van der Waals surface area (Å²) < 4.78 is 12.6. The Kier molecular flexibility index (Phi) is 7.69. The quantitative estimate of drug-likeness (QED) is 0.319. The third-order valence-corrected chi connectivity index (χ3v) is 4.71. The summed E-state index contributed by atoms with van der Waals surface area (Å²) in [5, 5.41) is 10.4. The first-order valence-electron chi connectivity index (χ1n) is 9.50. The average Bonchev–Trinajstić information content (AvgIpc) is 3.33. The van der Waals surface area contributed by atoms with Gasteiger partial charge in [0.25, 0.3) is 11.8 Å². The lowest BCUT2D eigenvalue weighted by Crippen LogP contribution is -2.26. The summed E-state index contributed by atoms with van der Waals surface area (Å²) in [5.74, 6) is -0.104. The maximum absolute atomic E-state index is 13.0. The zero-order valence-electron chi connectivity index (χ0n) is 16.9. The molecule has 0 saturated carbocycles. The Hall–Kier alpha value is -2.85. The summed E-state index contributed by atoms with van der Waals surface area (Å²) in [6.07, 6.45) is 3.98. The van der Waals surface area contributed by atoms with E-state index in [4.69, 9.17) is 21.1 Å². The van der Waals surface area contributed by atoms with Crippen molar-refractivity contribution >= 4 is 51.4 Å². The van der Waals surface area contributed by atoms with Gasteiger partial charge in [-0.1, -0.05) is 17.7 Å². The van der Waals surface area contributed by atoms with Gasteiger partial charge in [-0.25, -0.2) is 4.68 Å². The lowest BCUT2D eigenvalue weighted by atomic mass is 10.1. The molecule has 1 aliphatic heterocycles. The molecule has 11 heteroatoms. The Labute approximate surface area is 192 Å². The highest BCUT2D eigenvalue weighted by Gasteiger charge is 2.27. The molecule has 0 unspecified atom stereocenters. The van der Waals surface area contributed by atoms with Crippen LogP contribution < -0.4 is 20.1 Å². The number of amides is 2. The van der Waals surface area contributed by atoms with Gasteiger partial charge in [0.15, 0.2) is 11.5 Å². The molecule has 1 aromatic heterocycles. The Balaban J connectivity index is 1.83. The molecule has 2 amide bonds. The van der Waals surface area contributed by atoms with E-state index in [1.165, 1.54) is 11.0 Å². The lowest BCUT2D eigenvalue weighted by molar-refractivity contribution is 0.0952. The van der Waals surface area contributed by atoms with Crippen molar-refractivity contribution < 1.29 is 19.1 Å². The minimum absolute atomic E-state index is 0.00769. The zero-order chi connectivity index (χ0) is 22.4. The van der Waals surface area contributed by atoms with E-state index in [2.05, 4.69) is 36.7 Å². The number of rotatable bonds is 8. The predicted octanol–water partition coefficient (Wildman–Crippen LogP) is 3.79. The Morgan fingerprint density at radius 1 is 1.35 bits per heavy atom. The van der Waals surface area contributed by atoms with Gasteiger partial charge in [0, 0.05) is 24.2 Å². The average molecular weight is 511 g/mol. The molecule has 0 saturated heterocycles. The van der Waals surface area contributed by atoms with Crippen molar-refractivity contribution in [3.05, 3.63) is 45.2 Å². The fourth-order valence-corrected chi connectivity index (χ4v) is 3.33. The molecule has 9 nitrogen and oxygen atoms in total. The number of fused-ring (bicyclic) bond motifs is 1. The summed E-state index contributed by atoms with van der Waals surface area (Å²) in [6, 6.07) is 4.80. The van der Waals surface area contributed by atoms with E-state index >= 15 is 0 Å². The van der Waals surface area contributed by atoms with Gasteiger partial charge in [-0.15, -0.1) is 0 Å². The van der Waals surface area contributed by atoms with E-state index in [9.17, 15) is 9.59 Å². The lowest BCUT2D eigenvalue weighted by Gasteiger charge is -2.13. The standard InChI is InChI=1S/C20H21BrClN5O4/c1-3-24-20(29)17-13(6-7-15-18(17)31-11-30-15)25-19(28)14-9-16(21)26-27(14)10-23-8-4-5-12(2)22/h5-7,9-10H,3-4,8,11H2,1-2H3,(H,24,29)(H,25,28)/b12-5+,23-10+. The van der Waals surface area contributed by atoms with Crippen molar-refractivity contribution in [3.63, 3.8) is 0 Å². The van der Waals surface area contributed by atoms with Crippen molar-refractivity contribution in [1.82, 2.24) is 15.1 Å². The largest absolute Gasteiger partial charge is 0.454 e. The number of carbonyl (C=O) groups is 2. The van der Waals surface area contributed by atoms with Crippen LogP contribution in [0.25, 0.3) is 0 Å². The summed E-state index contributed by atoms with van der Waals surface area (Å²) in [5.41, 5.74) is 0.732. The summed E-state index contributed by atoms with van der Waals surface area (Å²) in [6.45, 7) is 4.52. The molecule has 31 heavy (non-hydrogen) atoms. The Morgan fingerprint density at radius 2 is 2.16 bits per heavy atom. The van der Waals surface area contributed by atoms with Gasteiger partial charge in [0.2, 0.25) is 6.79 Å². The van der Waals surface area contributed by atoms with Crippen molar-refractivity contribution in [2.45, 2.75) is 20.3 Å². The molecule has 0 bridgehead atoms. The van der Waals surface area contributed by atoms with Crippen molar-refractivity contribution in [2.24, 2.45) is 4.99 Å². The van der Waals surface area contributed by atoms with Crippen LogP contribution in [0.4, 0.5) is 5.69 Å². The normalized spacial score (nSPS) is 13.0. The number of hydrogen-bond donors (Lipinski definition) is 2. The second kappa shape index (κ2) is 10.5. The van der Waals surface area contributed by atoms with E-state index in [1.54, 1.807) is 32.0 Å². The van der Waals surface area contributed by atoms with Crippen LogP contribution in [0, 0.1) is 0 Å². The van der Waals surface area contributed by atoms with Crippen LogP contribution in [0.3, 0.4) is 0 Å². The van der Waals surface area contributed by atoms with Gasteiger partial charge >= 0.3 is 0 Å². The maximum atomic E-state index is 13.0. The van der Waals surface area contributed by atoms with Crippen LogP contribution in [0.15, 0.2) is 38.9 Å². The highest BCUT2D eigenvalue weighted by Crippen LogP contribution is 2.39. The molecule has 0 atom stereocenters. The summed E-state index contributed by atoms with van der Waals surface area (Å²) >= 11 is 9.07. The van der Waals surface area contributed by atoms with Crippen molar-refractivity contribution in [1.29, 1.82) is 0 Å². The number of carbonyl (C=O) groups excluding carboxylic acids is 2. The molecule has 0 spiro atoms. The fraction of sp³-hybridized carbons (Fsp3) is 0.300. The number of aromatic nitrogens is 2. The molecule has 0 aliphatic carbocycles. The van der Waals surface area contributed by atoms with E-state index < -0.39 is 5.91 Å². The van der Waals surface area contributed by atoms with Gasteiger partial charge < -0.3 is 20.1 Å². The monoisotopic (exact) mass is 509 g/mol. The van der Waals surface area contributed by atoms with Crippen molar-refractivity contribution in [2.75, 3.05) is 25.2 Å². The van der Waals surface area contributed by atoms with Gasteiger partial charge in [-0.2, -0.15) is 5.10 Å². The van der Waals surface area contributed by atoms with E-state index in [1.807, 2.05) is 6.08 Å². The second-order valence-electron chi connectivity index (χ2n) is 6.43. The highest BCUT2D eigenvalue weighted by atomic mass is 79.9. The molecule has 2 heterocycles. The van der Waals surface area contributed by atoms with Crippen LogP contribution in [-0.4, -0.2) is 47.8 Å². The molecular weight excluding hydrogens is 490 g/mol. The third-order valence-electron chi connectivity index (χ3n) is 4.17. The van der Waals surface area contributed by atoms with E-state index in [0.29, 0.717) is 46.3 Å². The molecule has 164 valence electrons. The molecule has 1 aromatic carbocycles. The smallest absolute Gasteiger partial charge is 0.274 e. The van der Waals surface area contributed by atoms with E-state index in [0.717, 1.165) is 0 Å². The van der Waals surface area contributed by atoms with Crippen LogP contribution in [0.5, 0.6) is 11.5 Å². The first-order chi connectivity index (χ1) is 14.9. The topological polar surface area (TPSA) is 107 Å². The molecule has 0 radical (unpaired) electrons. The number of allylic oxidation sites excluding steroid dienone is 1. The highest BCUT2D eigenvalue weighted by molar-refractivity contribution is 9.10. The minimum atomic E-state index is -0.467. The number of halogens is 2. The van der Waals surface area contributed by atoms with Gasteiger partial charge in [0.1, 0.15) is 22.2 Å².